The Bertz CT molecular complexity index is 1020. The summed E-state index contributed by atoms with van der Waals surface area (Å²) in [6.07, 6.45) is 0. The lowest BCUT2D eigenvalue weighted by Crippen LogP contribution is -2.28. The van der Waals surface area contributed by atoms with Gasteiger partial charge >= 0.3 is 0 Å². The van der Waals surface area contributed by atoms with E-state index in [9.17, 15) is 13.2 Å². The number of amides is 1. The fraction of sp³-hybridized carbons (Fsp3) is 0.381. The number of carbonyl (C=O) groups is 1. The Kier molecular flexibility index (Phi) is 6.84. The van der Waals surface area contributed by atoms with Crippen LogP contribution in [0.3, 0.4) is 0 Å². The van der Waals surface area contributed by atoms with Crippen LogP contribution >= 0.6 is 0 Å². The monoisotopic (exact) mass is 434 g/mol. The van der Waals surface area contributed by atoms with Gasteiger partial charge < -0.3 is 19.5 Å². The highest BCUT2D eigenvalue weighted by molar-refractivity contribution is 7.89. The molecule has 1 aliphatic rings. The molecule has 0 saturated heterocycles. The Balaban J connectivity index is 1.52. The predicted octanol–water partition coefficient (Wildman–Crippen LogP) is 2.35. The predicted molar refractivity (Wildman–Crippen MR) is 111 cm³/mol. The van der Waals surface area contributed by atoms with E-state index < -0.39 is 10.0 Å². The first kappa shape index (κ1) is 21.9. The van der Waals surface area contributed by atoms with Crippen LogP contribution in [0.5, 0.6) is 17.2 Å². The van der Waals surface area contributed by atoms with Crippen LogP contribution in [0.15, 0.2) is 41.3 Å². The van der Waals surface area contributed by atoms with Crippen molar-refractivity contribution in [3.63, 3.8) is 0 Å². The summed E-state index contributed by atoms with van der Waals surface area (Å²) in [5.41, 5.74) is 1.51. The Hall–Kier alpha value is -2.78. The van der Waals surface area contributed by atoms with E-state index in [0.29, 0.717) is 35.9 Å². The van der Waals surface area contributed by atoms with Gasteiger partial charge in [-0.3, -0.25) is 4.79 Å². The van der Waals surface area contributed by atoms with Crippen LogP contribution in [0.2, 0.25) is 0 Å². The van der Waals surface area contributed by atoms with E-state index in [1.54, 1.807) is 19.1 Å². The molecule has 0 saturated carbocycles. The minimum absolute atomic E-state index is 0.167. The molecule has 0 fully saturated rings. The molecule has 0 unspecified atom stereocenters. The van der Waals surface area contributed by atoms with Crippen molar-refractivity contribution in [1.29, 1.82) is 0 Å². The van der Waals surface area contributed by atoms with Crippen molar-refractivity contribution in [3.05, 3.63) is 47.5 Å². The van der Waals surface area contributed by atoms with Gasteiger partial charge in [-0.05, 0) is 54.3 Å². The average molecular weight is 435 g/mol. The van der Waals surface area contributed by atoms with Gasteiger partial charge in [-0.2, -0.15) is 0 Å². The molecule has 8 nitrogen and oxygen atoms in total. The number of carbonyl (C=O) groups excluding carboxylic acids is 1. The van der Waals surface area contributed by atoms with Crippen LogP contribution in [0.4, 0.5) is 0 Å². The number of sulfonamides is 1. The molecule has 162 valence electrons. The third-order valence-electron chi connectivity index (χ3n) is 4.42. The molecule has 1 heterocycles. The molecule has 9 heteroatoms. The molecular formula is C21H26N2O6S. The number of nitrogens with one attached hydrogen (secondary N) is 2. The number of benzene rings is 2. The highest BCUT2D eigenvalue weighted by Crippen LogP contribution is 2.32. The van der Waals surface area contributed by atoms with E-state index in [2.05, 4.69) is 10.0 Å². The second-order valence-corrected chi connectivity index (χ2v) is 9.19. The molecule has 1 aliphatic heterocycles. The summed E-state index contributed by atoms with van der Waals surface area (Å²) in [7, 11) is -3.57. The van der Waals surface area contributed by atoms with E-state index in [-0.39, 0.29) is 30.1 Å². The van der Waals surface area contributed by atoms with E-state index in [1.807, 2.05) is 26.0 Å². The molecule has 2 aromatic rings. The second kappa shape index (κ2) is 9.36. The molecule has 0 aliphatic carbocycles. The number of fused-ring (bicyclic) bond motifs is 1. The Labute approximate surface area is 176 Å². The summed E-state index contributed by atoms with van der Waals surface area (Å²) in [5, 5.41) is 2.78. The highest BCUT2D eigenvalue weighted by Gasteiger charge is 2.16. The van der Waals surface area contributed by atoms with Crippen LogP contribution in [-0.2, 0) is 21.4 Å². The summed E-state index contributed by atoms with van der Waals surface area (Å²) in [6.45, 7) is 6.32. The lowest BCUT2D eigenvalue weighted by atomic mass is 10.2. The Morgan fingerprint density at radius 3 is 2.63 bits per heavy atom. The minimum atomic E-state index is -3.57. The number of hydrogen-bond acceptors (Lipinski definition) is 6. The molecule has 2 aromatic carbocycles. The third-order valence-corrected chi connectivity index (χ3v) is 5.84. The highest BCUT2D eigenvalue weighted by atomic mass is 32.2. The van der Waals surface area contributed by atoms with E-state index in [1.165, 1.54) is 12.1 Å². The fourth-order valence-corrected chi connectivity index (χ4v) is 4.06. The zero-order valence-electron chi connectivity index (χ0n) is 17.2. The summed E-state index contributed by atoms with van der Waals surface area (Å²) in [4.78, 5) is 12.3. The lowest BCUT2D eigenvalue weighted by molar-refractivity contribution is -0.123. The quantitative estimate of drug-likeness (QED) is 0.628. The second-order valence-electron chi connectivity index (χ2n) is 7.43. The molecule has 2 N–H and O–H groups in total. The molecule has 0 atom stereocenters. The van der Waals surface area contributed by atoms with Gasteiger partial charge in [0.1, 0.15) is 5.75 Å². The Morgan fingerprint density at radius 1 is 1.13 bits per heavy atom. The van der Waals surface area contributed by atoms with Gasteiger partial charge in [0.2, 0.25) is 16.8 Å². The zero-order valence-corrected chi connectivity index (χ0v) is 18.0. The van der Waals surface area contributed by atoms with Crippen molar-refractivity contribution < 1.29 is 27.4 Å². The minimum Gasteiger partial charge on any atom is -0.484 e. The van der Waals surface area contributed by atoms with Gasteiger partial charge in [0.05, 0.1) is 4.90 Å². The van der Waals surface area contributed by atoms with Crippen molar-refractivity contribution in [1.82, 2.24) is 10.0 Å². The summed E-state index contributed by atoms with van der Waals surface area (Å²) in [6, 6.07) is 10.0. The van der Waals surface area contributed by atoms with Crippen LogP contribution in [0.25, 0.3) is 0 Å². The van der Waals surface area contributed by atoms with Gasteiger partial charge in [-0.1, -0.05) is 19.9 Å². The summed E-state index contributed by atoms with van der Waals surface area (Å²) in [5.74, 6) is 1.72. The molecule has 0 aromatic heterocycles. The van der Waals surface area contributed by atoms with Crippen LogP contribution in [0, 0.1) is 12.8 Å². The Morgan fingerprint density at radius 2 is 1.90 bits per heavy atom. The molecule has 0 radical (unpaired) electrons. The van der Waals surface area contributed by atoms with Gasteiger partial charge in [-0.25, -0.2) is 13.1 Å². The van der Waals surface area contributed by atoms with E-state index in [0.717, 1.165) is 5.56 Å². The van der Waals surface area contributed by atoms with Gasteiger partial charge in [-0.15, -0.1) is 0 Å². The molecule has 0 spiro atoms. The lowest BCUT2D eigenvalue weighted by Gasteiger charge is -2.13. The number of hydrogen-bond donors (Lipinski definition) is 2. The zero-order chi connectivity index (χ0) is 21.7. The third kappa shape index (κ3) is 5.64. The van der Waals surface area contributed by atoms with E-state index >= 15 is 0 Å². The standard InChI is InChI=1S/C21H26N2O6S/c1-14(2)10-23-30(25,26)17-5-7-18(15(3)8-17)27-12-21(24)22-11-16-4-6-19-20(9-16)29-13-28-19/h4-9,14,23H,10-13H2,1-3H3,(H,22,24). The van der Waals surface area contributed by atoms with Crippen molar-refractivity contribution in [3.8, 4) is 17.2 Å². The number of aryl methyl sites for hydroxylation is 1. The van der Waals surface area contributed by atoms with Crippen molar-refractivity contribution in [2.24, 2.45) is 5.92 Å². The van der Waals surface area contributed by atoms with Crippen molar-refractivity contribution in [2.45, 2.75) is 32.2 Å². The van der Waals surface area contributed by atoms with E-state index in [4.69, 9.17) is 14.2 Å². The first-order chi connectivity index (χ1) is 14.2. The van der Waals surface area contributed by atoms with Crippen LogP contribution in [0.1, 0.15) is 25.0 Å². The normalized spacial score (nSPS) is 12.8. The SMILES string of the molecule is Cc1cc(S(=O)(=O)NCC(C)C)ccc1OCC(=O)NCc1ccc2c(c1)OCO2. The topological polar surface area (TPSA) is 103 Å². The van der Waals surface area contributed by atoms with Crippen LogP contribution < -0.4 is 24.2 Å². The molecule has 30 heavy (non-hydrogen) atoms. The van der Waals surface area contributed by atoms with Crippen molar-refractivity contribution >= 4 is 15.9 Å². The van der Waals surface area contributed by atoms with Gasteiger partial charge in [0, 0.05) is 13.1 Å². The molecular weight excluding hydrogens is 408 g/mol. The summed E-state index contributed by atoms with van der Waals surface area (Å²) < 4.78 is 43.4. The largest absolute Gasteiger partial charge is 0.484 e. The first-order valence-corrected chi connectivity index (χ1v) is 11.1. The van der Waals surface area contributed by atoms with Crippen molar-refractivity contribution in [2.75, 3.05) is 19.9 Å². The maximum Gasteiger partial charge on any atom is 0.258 e. The number of ether oxygens (including phenoxy) is 3. The maximum absolute atomic E-state index is 12.3. The number of rotatable bonds is 9. The van der Waals surface area contributed by atoms with Gasteiger partial charge in [0.25, 0.3) is 5.91 Å². The first-order valence-electron chi connectivity index (χ1n) is 9.63. The smallest absolute Gasteiger partial charge is 0.258 e. The molecule has 3 rings (SSSR count). The molecule has 0 bridgehead atoms. The molecule has 1 amide bonds. The fourth-order valence-electron chi connectivity index (χ4n) is 2.76. The maximum atomic E-state index is 12.3. The summed E-state index contributed by atoms with van der Waals surface area (Å²) >= 11 is 0. The van der Waals surface area contributed by atoms with Gasteiger partial charge in [0.15, 0.2) is 18.1 Å². The van der Waals surface area contributed by atoms with Crippen LogP contribution in [-0.4, -0.2) is 34.3 Å². The average Bonchev–Trinajstić information content (AvgIpc) is 3.17.